The number of nitrogens with one attached hydrogen (secondary N) is 2. The van der Waals surface area contributed by atoms with Crippen LogP contribution in [-0.4, -0.2) is 66.3 Å². The molecule has 0 bridgehead atoms. The van der Waals surface area contributed by atoms with Gasteiger partial charge in [-0.15, -0.1) is 6.42 Å². The van der Waals surface area contributed by atoms with E-state index in [1.165, 1.54) is 0 Å². The van der Waals surface area contributed by atoms with Crippen molar-refractivity contribution in [1.29, 1.82) is 0 Å². The summed E-state index contributed by atoms with van der Waals surface area (Å²) < 4.78 is 1.59. The lowest BCUT2D eigenvalue weighted by Gasteiger charge is -2.16. The maximum atomic E-state index is 12.1. The highest BCUT2D eigenvalue weighted by Gasteiger charge is 2.18. The first-order valence-corrected chi connectivity index (χ1v) is 17.5. The van der Waals surface area contributed by atoms with Crippen molar-refractivity contribution < 1.29 is 9.59 Å². The Morgan fingerprint density at radius 2 is 1.74 bits per heavy atom. The minimum atomic E-state index is -0.283. The van der Waals surface area contributed by atoms with Crippen molar-refractivity contribution in [3.8, 4) is 45.9 Å². The Morgan fingerprint density at radius 3 is 2.36 bits per heavy atom. The molecule has 0 spiro atoms. The molecule has 11 heteroatoms. The van der Waals surface area contributed by atoms with Crippen molar-refractivity contribution in [2.75, 3.05) is 33.7 Å². The Labute approximate surface area is 305 Å². The number of benzene rings is 2. The van der Waals surface area contributed by atoms with E-state index in [-0.39, 0.29) is 5.91 Å². The van der Waals surface area contributed by atoms with Crippen molar-refractivity contribution in [2.45, 2.75) is 46.1 Å². The summed E-state index contributed by atoms with van der Waals surface area (Å²) in [6, 6.07) is 17.1. The van der Waals surface area contributed by atoms with Gasteiger partial charge in [-0.2, -0.15) is 5.10 Å². The molecule has 0 aliphatic carbocycles. The van der Waals surface area contributed by atoms with E-state index < -0.39 is 0 Å². The van der Waals surface area contributed by atoms with Gasteiger partial charge in [0.15, 0.2) is 6.29 Å². The number of aromatic nitrogens is 2. The Morgan fingerprint density at radius 1 is 1.06 bits per heavy atom. The van der Waals surface area contributed by atoms with Crippen LogP contribution in [0.1, 0.15) is 61.3 Å². The zero-order valence-electron chi connectivity index (χ0n) is 29.1. The molecule has 2 aromatic heterocycles. The summed E-state index contributed by atoms with van der Waals surface area (Å²) in [5.41, 5.74) is 11.5. The van der Waals surface area contributed by atoms with Crippen LogP contribution < -0.4 is 16.4 Å². The molecule has 9 nitrogen and oxygen atoms in total. The van der Waals surface area contributed by atoms with Crippen LogP contribution in [0.15, 0.2) is 65.9 Å². The van der Waals surface area contributed by atoms with Gasteiger partial charge in [0.25, 0.3) is 0 Å². The third kappa shape index (κ3) is 9.61. The molecule has 0 aliphatic rings. The highest BCUT2D eigenvalue weighted by molar-refractivity contribution is 6.39. The summed E-state index contributed by atoms with van der Waals surface area (Å²) in [6.07, 6.45) is 11.6. The molecule has 50 heavy (non-hydrogen) atoms. The zero-order chi connectivity index (χ0) is 36.2. The lowest BCUT2D eigenvalue weighted by molar-refractivity contribution is -0.118. The Hall–Kier alpha value is -4.46. The number of amidine groups is 1. The second kappa shape index (κ2) is 18.5. The minimum Gasteiger partial charge on any atom is -0.370 e. The minimum absolute atomic E-state index is 0.283. The number of nitrogens with two attached hydrogens (primary N) is 1. The number of carbonyl (C=O) groups is 2. The zero-order valence-corrected chi connectivity index (χ0v) is 30.6. The molecule has 0 saturated heterocycles. The molecule has 0 aliphatic heterocycles. The first-order chi connectivity index (χ1) is 24.1. The molecule has 1 amide bonds. The Kier molecular flexibility index (Phi) is 14.2. The predicted molar refractivity (Wildman–Crippen MR) is 205 cm³/mol. The van der Waals surface area contributed by atoms with E-state index in [9.17, 15) is 9.59 Å². The van der Waals surface area contributed by atoms with Crippen LogP contribution in [-0.2, 0) is 11.3 Å². The average molecular weight is 715 g/mol. The van der Waals surface area contributed by atoms with Gasteiger partial charge < -0.3 is 21.3 Å². The predicted octanol–water partition coefficient (Wildman–Crippen LogP) is 7.09. The number of amides is 1. The molecule has 1 atom stereocenters. The summed E-state index contributed by atoms with van der Waals surface area (Å²) in [6.45, 7) is 6.92. The SMILES string of the molecule is C#Cc1nc(-c2cccc(-c3cccc(-c4cc(C=O)n(/N=C(/CNCCC)N(C)C)c4)c3Cl)c2Cl)ccc1CNCC(CC)CCC(N)=O. The molecular formula is C39H45Cl2N7O2. The first kappa shape index (κ1) is 38.3. The molecule has 0 saturated carbocycles. The van der Waals surface area contributed by atoms with Crippen molar-refractivity contribution in [3.05, 3.63) is 87.8 Å². The van der Waals surface area contributed by atoms with Crippen molar-refractivity contribution in [1.82, 2.24) is 25.2 Å². The van der Waals surface area contributed by atoms with Crippen LogP contribution in [0, 0.1) is 18.3 Å². The van der Waals surface area contributed by atoms with Crippen molar-refractivity contribution in [2.24, 2.45) is 16.8 Å². The largest absolute Gasteiger partial charge is 0.370 e. The number of nitrogens with zero attached hydrogens (tertiary/aromatic N) is 4. The van der Waals surface area contributed by atoms with E-state index in [0.717, 1.165) is 77.9 Å². The van der Waals surface area contributed by atoms with Crippen LogP contribution in [0.2, 0.25) is 10.0 Å². The number of pyridine rings is 1. The monoisotopic (exact) mass is 713 g/mol. The number of aldehydes is 1. The molecule has 0 fully saturated rings. The summed E-state index contributed by atoms with van der Waals surface area (Å²) in [4.78, 5) is 30.0. The fourth-order valence-corrected chi connectivity index (χ4v) is 6.25. The van der Waals surface area contributed by atoms with Crippen molar-refractivity contribution in [3.63, 3.8) is 0 Å². The fourth-order valence-electron chi connectivity index (χ4n) is 5.59. The molecule has 4 aromatic rings. The van der Waals surface area contributed by atoms with Gasteiger partial charge in [0.2, 0.25) is 5.91 Å². The smallest absolute Gasteiger partial charge is 0.217 e. The van der Waals surface area contributed by atoms with Gasteiger partial charge >= 0.3 is 0 Å². The van der Waals surface area contributed by atoms with Gasteiger partial charge in [-0.1, -0.05) is 85.9 Å². The topological polar surface area (TPSA) is 118 Å². The third-order valence-electron chi connectivity index (χ3n) is 8.51. The number of halogens is 2. The average Bonchev–Trinajstić information content (AvgIpc) is 3.52. The highest BCUT2D eigenvalue weighted by atomic mass is 35.5. The van der Waals surface area contributed by atoms with E-state index in [0.29, 0.717) is 52.6 Å². The molecular weight excluding hydrogens is 669 g/mol. The Balaban J connectivity index is 1.62. The van der Waals surface area contributed by atoms with E-state index in [1.54, 1.807) is 16.9 Å². The second-order valence-corrected chi connectivity index (χ2v) is 13.1. The normalized spacial score (nSPS) is 12.1. The number of hydrogen-bond acceptors (Lipinski definition) is 6. The molecule has 262 valence electrons. The van der Waals surface area contributed by atoms with E-state index >= 15 is 0 Å². The molecule has 1 unspecified atom stereocenters. The molecule has 4 N–H and O–H groups in total. The number of carbonyl (C=O) groups excluding carboxylic acids is 2. The maximum Gasteiger partial charge on any atom is 0.217 e. The number of terminal acetylenes is 1. The molecule has 4 rings (SSSR count). The second-order valence-electron chi connectivity index (χ2n) is 12.3. The van der Waals surface area contributed by atoms with E-state index in [2.05, 4.69) is 30.4 Å². The third-order valence-corrected chi connectivity index (χ3v) is 9.33. The van der Waals surface area contributed by atoms with Gasteiger partial charge in [0.05, 0.1) is 22.3 Å². The van der Waals surface area contributed by atoms with Crippen LogP contribution in [0.25, 0.3) is 33.5 Å². The van der Waals surface area contributed by atoms with E-state index in [4.69, 9.17) is 45.4 Å². The van der Waals surface area contributed by atoms with Gasteiger partial charge in [0.1, 0.15) is 17.2 Å². The fraction of sp³-hybridized carbons (Fsp3) is 0.333. The van der Waals surface area contributed by atoms with Crippen LogP contribution in [0.5, 0.6) is 0 Å². The molecule has 0 radical (unpaired) electrons. The number of primary amides is 1. The highest BCUT2D eigenvalue weighted by Crippen LogP contribution is 2.42. The van der Waals surface area contributed by atoms with Gasteiger partial charge in [0, 0.05) is 66.6 Å². The van der Waals surface area contributed by atoms with Gasteiger partial charge in [-0.25, -0.2) is 9.66 Å². The lowest BCUT2D eigenvalue weighted by atomic mass is 9.97. The van der Waals surface area contributed by atoms with Gasteiger partial charge in [-0.05, 0) is 49.9 Å². The number of rotatable bonds is 17. The molecule has 2 aromatic carbocycles. The quantitative estimate of drug-likeness (QED) is 0.0354. The summed E-state index contributed by atoms with van der Waals surface area (Å²) >= 11 is 14.2. The summed E-state index contributed by atoms with van der Waals surface area (Å²) in [7, 11) is 3.84. The van der Waals surface area contributed by atoms with Crippen LogP contribution in [0.3, 0.4) is 0 Å². The van der Waals surface area contributed by atoms with Crippen LogP contribution >= 0.6 is 23.2 Å². The van der Waals surface area contributed by atoms with Crippen LogP contribution in [0.4, 0.5) is 0 Å². The summed E-state index contributed by atoms with van der Waals surface area (Å²) in [5, 5.41) is 12.5. The number of hydrogen-bond donors (Lipinski definition) is 3. The van der Waals surface area contributed by atoms with E-state index in [1.807, 2.05) is 67.5 Å². The standard InChI is InChI=1S/C39H45Cl2N7O2/c1-6-19-43-23-37(47(4)5)46-48-24-28(20-29(48)25-49)30-11-9-12-31(38(30)40)32-13-10-14-33(39(32)41)35-17-16-27(34(8-3)45-35)22-44-21-26(7-2)15-18-36(42)50/h3,9-14,16-17,20,24-26,43-44H,6-7,15,18-19,21-23H2,1-2,4-5H3,(H2,42,50)/b46-37-. The maximum absolute atomic E-state index is 12.1. The molecule has 2 heterocycles. The summed E-state index contributed by atoms with van der Waals surface area (Å²) in [5.74, 6) is 3.55. The Bertz CT molecular complexity index is 1880. The van der Waals surface area contributed by atoms with Gasteiger partial charge in [-0.3, -0.25) is 9.59 Å². The number of likely N-dealkylation sites (N-methyl/N-ethyl adjacent to an activating group) is 1. The van der Waals surface area contributed by atoms with Crippen molar-refractivity contribution >= 4 is 41.2 Å². The lowest BCUT2D eigenvalue weighted by Crippen LogP contribution is -2.34. The first-order valence-electron chi connectivity index (χ1n) is 16.8.